The standard InChI is InChI=1S/C18H31N5O/c1-6-19-18(21-10-15-7-8-20-17(9-15)24-5)22-16-12-23(13(2)3)11-14(16)4/h7-9,13-14,16H,6,10-12H2,1-5H3,(H2,19,21,22). The van der Waals surface area contributed by atoms with Gasteiger partial charge in [0.1, 0.15) is 0 Å². The van der Waals surface area contributed by atoms with Gasteiger partial charge in [0.25, 0.3) is 0 Å². The Morgan fingerprint density at radius 3 is 2.88 bits per heavy atom. The van der Waals surface area contributed by atoms with E-state index < -0.39 is 0 Å². The van der Waals surface area contributed by atoms with Gasteiger partial charge in [0.2, 0.25) is 5.88 Å². The van der Waals surface area contributed by atoms with Crippen molar-refractivity contribution in [1.29, 1.82) is 0 Å². The second-order valence-corrected chi connectivity index (χ2v) is 6.68. The van der Waals surface area contributed by atoms with E-state index in [-0.39, 0.29) is 0 Å². The first-order valence-corrected chi connectivity index (χ1v) is 8.81. The summed E-state index contributed by atoms with van der Waals surface area (Å²) in [6, 6.07) is 4.90. The maximum atomic E-state index is 5.17. The summed E-state index contributed by atoms with van der Waals surface area (Å²) in [6.45, 7) is 12.5. The predicted octanol–water partition coefficient (Wildman–Crippen LogP) is 1.87. The minimum atomic E-state index is 0.428. The predicted molar refractivity (Wildman–Crippen MR) is 98.4 cm³/mol. The Kier molecular flexibility index (Phi) is 6.85. The van der Waals surface area contributed by atoms with Crippen molar-refractivity contribution in [3.05, 3.63) is 23.9 Å². The zero-order chi connectivity index (χ0) is 17.5. The molecule has 134 valence electrons. The van der Waals surface area contributed by atoms with E-state index in [2.05, 4.69) is 48.2 Å². The van der Waals surface area contributed by atoms with Crippen molar-refractivity contribution in [2.75, 3.05) is 26.7 Å². The molecule has 2 unspecified atom stereocenters. The molecule has 1 aliphatic rings. The topological polar surface area (TPSA) is 61.8 Å². The molecule has 1 aliphatic heterocycles. The van der Waals surface area contributed by atoms with Crippen LogP contribution in [0.1, 0.15) is 33.3 Å². The Morgan fingerprint density at radius 1 is 1.46 bits per heavy atom. The normalized spacial score (nSPS) is 22.0. The van der Waals surface area contributed by atoms with E-state index in [0.29, 0.717) is 30.4 Å². The number of hydrogen-bond donors (Lipinski definition) is 2. The number of aliphatic imine (C=N–C) groups is 1. The fraction of sp³-hybridized carbons (Fsp3) is 0.667. The highest BCUT2D eigenvalue weighted by molar-refractivity contribution is 5.80. The van der Waals surface area contributed by atoms with Crippen LogP contribution in [0.3, 0.4) is 0 Å². The van der Waals surface area contributed by atoms with Gasteiger partial charge in [0.15, 0.2) is 5.96 Å². The number of aromatic nitrogens is 1. The number of guanidine groups is 1. The highest BCUT2D eigenvalue weighted by Crippen LogP contribution is 2.18. The van der Waals surface area contributed by atoms with Gasteiger partial charge in [-0.2, -0.15) is 0 Å². The summed E-state index contributed by atoms with van der Waals surface area (Å²) in [5, 5.41) is 6.95. The molecule has 0 radical (unpaired) electrons. The van der Waals surface area contributed by atoms with Gasteiger partial charge in [-0.15, -0.1) is 0 Å². The average Bonchev–Trinajstić information content (AvgIpc) is 2.94. The van der Waals surface area contributed by atoms with Gasteiger partial charge >= 0.3 is 0 Å². The molecule has 2 N–H and O–H groups in total. The number of methoxy groups -OCH3 is 1. The van der Waals surface area contributed by atoms with Crippen LogP contribution in [-0.4, -0.2) is 54.7 Å². The summed E-state index contributed by atoms with van der Waals surface area (Å²) < 4.78 is 5.17. The molecule has 1 aromatic heterocycles. The van der Waals surface area contributed by atoms with Gasteiger partial charge in [0, 0.05) is 44.0 Å². The summed E-state index contributed by atoms with van der Waals surface area (Å²) in [4.78, 5) is 11.4. The highest BCUT2D eigenvalue weighted by Gasteiger charge is 2.31. The first-order valence-electron chi connectivity index (χ1n) is 8.81. The van der Waals surface area contributed by atoms with Crippen LogP contribution in [0.25, 0.3) is 0 Å². The largest absolute Gasteiger partial charge is 0.481 e. The van der Waals surface area contributed by atoms with Crippen LogP contribution in [0.2, 0.25) is 0 Å². The minimum absolute atomic E-state index is 0.428. The summed E-state index contributed by atoms with van der Waals surface area (Å²) in [6.07, 6.45) is 1.75. The molecule has 6 heteroatoms. The molecular weight excluding hydrogens is 302 g/mol. The van der Waals surface area contributed by atoms with Crippen LogP contribution in [0, 0.1) is 5.92 Å². The lowest BCUT2D eigenvalue weighted by molar-refractivity contribution is 0.265. The summed E-state index contributed by atoms with van der Waals surface area (Å²) in [5.41, 5.74) is 1.09. The van der Waals surface area contributed by atoms with Crippen LogP contribution < -0.4 is 15.4 Å². The van der Waals surface area contributed by atoms with Crippen molar-refractivity contribution in [3.63, 3.8) is 0 Å². The maximum absolute atomic E-state index is 5.17. The fourth-order valence-electron chi connectivity index (χ4n) is 2.94. The molecule has 1 saturated heterocycles. The van der Waals surface area contributed by atoms with E-state index in [0.717, 1.165) is 31.2 Å². The maximum Gasteiger partial charge on any atom is 0.213 e. The van der Waals surface area contributed by atoms with E-state index in [1.807, 2.05) is 12.1 Å². The van der Waals surface area contributed by atoms with Gasteiger partial charge in [0.05, 0.1) is 13.7 Å². The third kappa shape index (κ3) is 5.09. The SMILES string of the molecule is CCNC(=NCc1ccnc(OC)c1)NC1CN(C(C)C)CC1C. The molecule has 1 aromatic rings. The van der Waals surface area contributed by atoms with Crippen molar-refractivity contribution in [3.8, 4) is 5.88 Å². The van der Waals surface area contributed by atoms with E-state index in [1.54, 1.807) is 13.3 Å². The average molecular weight is 333 g/mol. The van der Waals surface area contributed by atoms with Crippen LogP contribution in [0.5, 0.6) is 5.88 Å². The molecule has 0 bridgehead atoms. The molecule has 0 aliphatic carbocycles. The summed E-state index contributed by atoms with van der Waals surface area (Å²) in [5.74, 6) is 2.10. The van der Waals surface area contributed by atoms with Gasteiger partial charge in [-0.05, 0) is 38.3 Å². The van der Waals surface area contributed by atoms with E-state index in [1.165, 1.54) is 0 Å². The minimum Gasteiger partial charge on any atom is -0.481 e. The van der Waals surface area contributed by atoms with Gasteiger partial charge < -0.3 is 15.4 Å². The monoisotopic (exact) mass is 333 g/mol. The fourth-order valence-corrected chi connectivity index (χ4v) is 2.94. The molecule has 0 spiro atoms. The molecule has 2 rings (SSSR count). The Balaban J connectivity index is 2.00. The summed E-state index contributed by atoms with van der Waals surface area (Å²) in [7, 11) is 1.63. The Bertz CT molecular complexity index is 546. The smallest absolute Gasteiger partial charge is 0.213 e. The molecule has 6 nitrogen and oxygen atoms in total. The lowest BCUT2D eigenvalue weighted by Gasteiger charge is -2.22. The zero-order valence-corrected chi connectivity index (χ0v) is 15.5. The molecular formula is C18H31N5O. The summed E-state index contributed by atoms with van der Waals surface area (Å²) >= 11 is 0. The lowest BCUT2D eigenvalue weighted by Crippen LogP contribution is -2.46. The van der Waals surface area contributed by atoms with Gasteiger partial charge in [-0.25, -0.2) is 9.98 Å². The zero-order valence-electron chi connectivity index (χ0n) is 15.5. The van der Waals surface area contributed by atoms with Gasteiger partial charge in [-0.3, -0.25) is 4.90 Å². The van der Waals surface area contributed by atoms with Crippen molar-refractivity contribution < 1.29 is 4.74 Å². The highest BCUT2D eigenvalue weighted by atomic mass is 16.5. The van der Waals surface area contributed by atoms with Crippen molar-refractivity contribution in [2.45, 2.75) is 46.3 Å². The van der Waals surface area contributed by atoms with Crippen LogP contribution in [-0.2, 0) is 6.54 Å². The quantitative estimate of drug-likeness (QED) is 0.615. The number of ether oxygens (including phenoxy) is 1. The third-order valence-electron chi connectivity index (χ3n) is 4.47. The van der Waals surface area contributed by atoms with Crippen molar-refractivity contribution in [2.24, 2.45) is 10.9 Å². The molecule has 0 saturated carbocycles. The Morgan fingerprint density at radius 2 is 2.25 bits per heavy atom. The second kappa shape index (κ2) is 8.87. The number of hydrogen-bond acceptors (Lipinski definition) is 4. The molecule has 24 heavy (non-hydrogen) atoms. The van der Waals surface area contributed by atoms with E-state index >= 15 is 0 Å². The van der Waals surface area contributed by atoms with Crippen LogP contribution in [0.15, 0.2) is 23.3 Å². The molecule has 0 amide bonds. The number of rotatable bonds is 6. The Hall–Kier alpha value is -1.82. The molecule has 2 atom stereocenters. The second-order valence-electron chi connectivity index (χ2n) is 6.68. The molecule has 0 aromatic carbocycles. The lowest BCUT2D eigenvalue weighted by atomic mass is 10.1. The number of pyridine rings is 1. The van der Waals surface area contributed by atoms with Crippen LogP contribution in [0.4, 0.5) is 0 Å². The van der Waals surface area contributed by atoms with E-state index in [4.69, 9.17) is 9.73 Å². The van der Waals surface area contributed by atoms with E-state index in [9.17, 15) is 0 Å². The number of nitrogens with zero attached hydrogens (tertiary/aromatic N) is 3. The number of nitrogens with one attached hydrogen (secondary N) is 2. The van der Waals surface area contributed by atoms with Gasteiger partial charge in [-0.1, -0.05) is 6.92 Å². The molecule has 2 heterocycles. The Labute approximate surface area is 145 Å². The molecule has 1 fully saturated rings. The first-order chi connectivity index (χ1) is 11.5. The van der Waals surface area contributed by atoms with Crippen molar-refractivity contribution >= 4 is 5.96 Å². The van der Waals surface area contributed by atoms with Crippen molar-refractivity contribution in [1.82, 2.24) is 20.5 Å². The first kappa shape index (κ1) is 18.5. The third-order valence-corrected chi connectivity index (χ3v) is 4.47. The number of likely N-dealkylation sites (tertiary alicyclic amines) is 1. The van der Waals surface area contributed by atoms with Crippen LogP contribution >= 0.6 is 0 Å².